The monoisotopic (exact) mass is 436 g/mol. The predicted octanol–water partition coefficient (Wildman–Crippen LogP) is 3.99. The van der Waals surface area contributed by atoms with Crippen LogP contribution in [0.15, 0.2) is 72.6 Å². The number of ether oxygens (including phenoxy) is 1. The van der Waals surface area contributed by atoms with Gasteiger partial charge in [0.1, 0.15) is 11.6 Å². The molecule has 0 bridgehead atoms. The Morgan fingerprint density at radius 3 is 2.50 bits per heavy atom. The van der Waals surface area contributed by atoms with Gasteiger partial charge in [0.15, 0.2) is 11.6 Å². The lowest BCUT2D eigenvalue weighted by Crippen LogP contribution is -2.29. The van der Waals surface area contributed by atoms with Crippen LogP contribution in [0, 0.1) is 11.6 Å². The topological polar surface area (TPSA) is 79.7 Å². The van der Waals surface area contributed by atoms with E-state index >= 15 is 0 Å². The molecule has 0 unspecified atom stereocenters. The number of halogens is 2. The van der Waals surface area contributed by atoms with Gasteiger partial charge in [0.05, 0.1) is 18.7 Å². The number of hydrogen-bond donors (Lipinski definition) is 1. The first kappa shape index (κ1) is 21.2. The van der Waals surface area contributed by atoms with Crippen molar-refractivity contribution in [3.8, 4) is 5.75 Å². The summed E-state index contributed by atoms with van der Waals surface area (Å²) >= 11 is 0. The highest BCUT2D eigenvalue weighted by atomic mass is 19.1. The number of likely N-dealkylation sites (tertiary alicyclic amines) is 1. The third-order valence-corrected chi connectivity index (χ3v) is 5.23. The highest BCUT2D eigenvalue weighted by molar-refractivity contribution is 6.46. The van der Waals surface area contributed by atoms with Crippen LogP contribution in [0.25, 0.3) is 5.76 Å². The van der Waals surface area contributed by atoms with Crippen molar-refractivity contribution in [2.24, 2.45) is 0 Å². The van der Waals surface area contributed by atoms with E-state index < -0.39 is 35.1 Å². The highest BCUT2D eigenvalue weighted by Gasteiger charge is 2.46. The first-order chi connectivity index (χ1) is 15.4. The highest BCUT2D eigenvalue weighted by Crippen LogP contribution is 2.40. The molecule has 0 radical (unpaired) electrons. The van der Waals surface area contributed by atoms with Crippen LogP contribution in [0.2, 0.25) is 0 Å². The van der Waals surface area contributed by atoms with Crippen LogP contribution in [0.5, 0.6) is 5.75 Å². The smallest absolute Gasteiger partial charge is 0.295 e. The van der Waals surface area contributed by atoms with E-state index in [0.717, 1.165) is 6.07 Å². The van der Waals surface area contributed by atoms with Crippen molar-refractivity contribution >= 4 is 17.4 Å². The number of ketones is 1. The molecule has 6 nitrogen and oxygen atoms in total. The molecule has 32 heavy (non-hydrogen) atoms. The predicted molar refractivity (Wildman–Crippen MR) is 111 cm³/mol. The third kappa shape index (κ3) is 3.82. The van der Waals surface area contributed by atoms with Gasteiger partial charge in [0, 0.05) is 24.5 Å². The normalized spacial score (nSPS) is 17.6. The average Bonchev–Trinajstić information content (AvgIpc) is 3.04. The molecule has 4 rings (SSSR count). The van der Waals surface area contributed by atoms with Gasteiger partial charge >= 0.3 is 0 Å². The summed E-state index contributed by atoms with van der Waals surface area (Å²) in [6, 6.07) is 11.4. The summed E-state index contributed by atoms with van der Waals surface area (Å²) in [4.78, 5) is 31.2. The minimum Gasteiger partial charge on any atom is -0.507 e. The number of carbonyl (C=O) groups excluding carboxylic acids is 2. The lowest BCUT2D eigenvalue weighted by atomic mass is 9.95. The minimum absolute atomic E-state index is 0.00906. The van der Waals surface area contributed by atoms with Gasteiger partial charge in [-0.1, -0.05) is 18.2 Å². The van der Waals surface area contributed by atoms with E-state index in [4.69, 9.17) is 4.74 Å². The van der Waals surface area contributed by atoms with Crippen molar-refractivity contribution in [1.82, 2.24) is 9.88 Å². The number of hydrogen-bond acceptors (Lipinski definition) is 5. The Kier molecular flexibility index (Phi) is 5.68. The van der Waals surface area contributed by atoms with Gasteiger partial charge in [-0.3, -0.25) is 14.6 Å². The largest absolute Gasteiger partial charge is 0.507 e. The fourth-order valence-corrected chi connectivity index (χ4v) is 3.69. The summed E-state index contributed by atoms with van der Waals surface area (Å²) in [5.74, 6) is -3.55. The van der Waals surface area contributed by atoms with Crippen molar-refractivity contribution in [2.75, 3.05) is 7.11 Å². The molecule has 1 N–H and O–H groups in total. The lowest BCUT2D eigenvalue weighted by Gasteiger charge is -2.25. The second-order valence-corrected chi connectivity index (χ2v) is 7.19. The van der Waals surface area contributed by atoms with Gasteiger partial charge in [-0.15, -0.1) is 0 Å². The van der Waals surface area contributed by atoms with E-state index in [1.165, 1.54) is 48.4 Å². The number of methoxy groups -OCH3 is 1. The Balaban J connectivity index is 1.86. The maximum atomic E-state index is 14.2. The number of nitrogens with zero attached hydrogens (tertiary/aromatic N) is 2. The minimum atomic E-state index is -0.999. The summed E-state index contributed by atoms with van der Waals surface area (Å²) < 4.78 is 32.7. The standard InChI is InChI=1S/C24H18F2N2O4/c1-32-19-9-6-16(11-18(19)26)22(29)20-21(15-4-7-17(25)8-5-15)28(24(31)23(20)30)13-14-3-2-10-27-12-14/h2-12,21,29H,13H2,1H3/t21-/m0/s1. The third-order valence-electron chi connectivity index (χ3n) is 5.23. The van der Waals surface area contributed by atoms with Gasteiger partial charge in [0.25, 0.3) is 11.7 Å². The van der Waals surface area contributed by atoms with Crippen LogP contribution >= 0.6 is 0 Å². The molecule has 1 aliphatic heterocycles. The van der Waals surface area contributed by atoms with E-state index in [2.05, 4.69) is 4.98 Å². The molecule has 2 aromatic carbocycles. The molecule has 2 heterocycles. The Hall–Kier alpha value is -4.07. The Morgan fingerprint density at radius 1 is 1.12 bits per heavy atom. The molecular weight excluding hydrogens is 418 g/mol. The van der Waals surface area contributed by atoms with Crippen molar-refractivity contribution in [3.05, 3.63) is 101 Å². The van der Waals surface area contributed by atoms with E-state index in [1.807, 2.05) is 0 Å². The number of pyridine rings is 1. The summed E-state index contributed by atoms with van der Waals surface area (Å²) in [5, 5.41) is 11.0. The van der Waals surface area contributed by atoms with Gasteiger partial charge in [0.2, 0.25) is 0 Å². The zero-order valence-corrected chi connectivity index (χ0v) is 17.0. The SMILES string of the molecule is COc1ccc(C(O)=C2C(=O)C(=O)N(Cc3cccnc3)[C@H]2c2ccc(F)cc2)cc1F. The summed E-state index contributed by atoms with van der Waals surface area (Å²) in [7, 11) is 1.30. The fraction of sp³-hybridized carbons (Fsp3) is 0.125. The maximum Gasteiger partial charge on any atom is 0.295 e. The molecule has 0 aliphatic carbocycles. The average molecular weight is 436 g/mol. The molecule has 162 valence electrons. The number of Topliss-reactive ketones (excluding diaryl/α,β-unsaturated/α-hetero) is 1. The number of aliphatic hydroxyl groups is 1. The Labute approximate surface area is 182 Å². The number of amides is 1. The summed E-state index contributed by atoms with van der Waals surface area (Å²) in [5.41, 5.74) is 0.881. The Bertz CT molecular complexity index is 1210. The summed E-state index contributed by atoms with van der Waals surface area (Å²) in [6.45, 7) is 0.0359. The molecule has 1 fully saturated rings. The van der Waals surface area contributed by atoms with Crippen LogP contribution in [-0.4, -0.2) is 33.8 Å². The van der Waals surface area contributed by atoms with E-state index in [9.17, 15) is 23.5 Å². The number of rotatable bonds is 5. The van der Waals surface area contributed by atoms with Gasteiger partial charge in [-0.2, -0.15) is 0 Å². The Morgan fingerprint density at radius 2 is 1.88 bits per heavy atom. The van der Waals surface area contributed by atoms with E-state index in [0.29, 0.717) is 11.1 Å². The van der Waals surface area contributed by atoms with Crippen molar-refractivity contribution in [1.29, 1.82) is 0 Å². The zero-order valence-electron chi connectivity index (χ0n) is 17.0. The number of benzene rings is 2. The van der Waals surface area contributed by atoms with Crippen LogP contribution in [0.4, 0.5) is 8.78 Å². The van der Waals surface area contributed by atoms with E-state index in [1.54, 1.807) is 24.5 Å². The molecule has 1 amide bonds. The molecule has 1 aliphatic rings. The number of carbonyl (C=O) groups is 2. The van der Waals surface area contributed by atoms with Gasteiger partial charge < -0.3 is 14.7 Å². The lowest BCUT2D eigenvalue weighted by molar-refractivity contribution is -0.140. The molecule has 1 aromatic heterocycles. The van der Waals surface area contributed by atoms with Crippen molar-refractivity contribution in [3.63, 3.8) is 0 Å². The van der Waals surface area contributed by atoms with Crippen molar-refractivity contribution in [2.45, 2.75) is 12.6 Å². The van der Waals surface area contributed by atoms with Crippen LogP contribution in [0.3, 0.4) is 0 Å². The fourth-order valence-electron chi connectivity index (χ4n) is 3.69. The van der Waals surface area contributed by atoms with Crippen LogP contribution < -0.4 is 4.74 Å². The molecule has 1 saturated heterocycles. The first-order valence-electron chi connectivity index (χ1n) is 9.67. The van der Waals surface area contributed by atoms with Crippen LogP contribution in [-0.2, 0) is 16.1 Å². The second-order valence-electron chi connectivity index (χ2n) is 7.19. The quantitative estimate of drug-likeness (QED) is 0.372. The second kappa shape index (κ2) is 8.58. The molecule has 0 spiro atoms. The molecule has 0 saturated carbocycles. The zero-order chi connectivity index (χ0) is 22.8. The van der Waals surface area contributed by atoms with Gasteiger partial charge in [-0.25, -0.2) is 8.78 Å². The first-order valence-corrected chi connectivity index (χ1v) is 9.67. The molecule has 3 aromatic rings. The molecule has 1 atom stereocenters. The molecular formula is C24H18F2N2O4. The maximum absolute atomic E-state index is 14.2. The summed E-state index contributed by atoms with van der Waals surface area (Å²) in [6.07, 6.45) is 3.13. The number of aliphatic hydroxyl groups excluding tert-OH is 1. The molecule has 8 heteroatoms. The van der Waals surface area contributed by atoms with Crippen molar-refractivity contribution < 1.29 is 28.2 Å². The number of aromatic nitrogens is 1. The van der Waals surface area contributed by atoms with Gasteiger partial charge in [-0.05, 0) is 47.5 Å². The van der Waals surface area contributed by atoms with Crippen LogP contribution in [0.1, 0.15) is 22.7 Å². The van der Waals surface area contributed by atoms with E-state index in [-0.39, 0.29) is 23.4 Å².